The summed E-state index contributed by atoms with van der Waals surface area (Å²) in [5, 5.41) is 12.9. The van der Waals surface area contributed by atoms with E-state index in [-0.39, 0.29) is 5.91 Å². The predicted octanol–water partition coefficient (Wildman–Crippen LogP) is 2.73. The Kier molecular flexibility index (Phi) is 12.0. The van der Waals surface area contributed by atoms with Crippen molar-refractivity contribution in [2.45, 2.75) is 51.4 Å². The van der Waals surface area contributed by atoms with E-state index in [1.807, 2.05) is 6.08 Å². The van der Waals surface area contributed by atoms with Gasteiger partial charge in [-0.15, -0.1) is 6.58 Å². The Morgan fingerprint density at radius 1 is 1.22 bits per heavy atom. The normalized spacial score (nSPS) is 10.6. The molecule has 0 aliphatic rings. The summed E-state index contributed by atoms with van der Waals surface area (Å²) in [6.45, 7) is 4.92. The number of hydroxylamine groups is 2. The molecule has 18 heavy (non-hydrogen) atoms. The van der Waals surface area contributed by atoms with Gasteiger partial charge in [-0.1, -0.05) is 25.3 Å². The lowest BCUT2D eigenvalue weighted by atomic mass is 10.1. The van der Waals surface area contributed by atoms with Gasteiger partial charge in [0.05, 0.1) is 0 Å². The summed E-state index contributed by atoms with van der Waals surface area (Å²) in [7, 11) is 1.61. The van der Waals surface area contributed by atoms with E-state index < -0.39 is 0 Å². The summed E-state index contributed by atoms with van der Waals surface area (Å²) in [5.74, 6) is 0.127. The average Bonchev–Trinajstić information content (AvgIpc) is 2.33. The van der Waals surface area contributed by atoms with Crippen LogP contribution in [-0.2, 0) is 4.79 Å². The highest BCUT2D eigenvalue weighted by molar-refractivity contribution is 5.75. The van der Waals surface area contributed by atoms with E-state index in [0.29, 0.717) is 19.5 Å². The van der Waals surface area contributed by atoms with Crippen LogP contribution in [0.4, 0.5) is 0 Å². The summed E-state index contributed by atoms with van der Waals surface area (Å²) in [5.41, 5.74) is 0. The Morgan fingerprint density at radius 3 is 2.56 bits per heavy atom. The molecule has 4 heteroatoms. The topological polar surface area (TPSA) is 52.6 Å². The summed E-state index contributed by atoms with van der Waals surface area (Å²) >= 11 is 0. The number of rotatable bonds is 12. The Hall–Kier alpha value is -0.870. The monoisotopic (exact) mass is 256 g/mol. The summed E-state index contributed by atoms with van der Waals surface area (Å²) < 4.78 is 0. The first-order valence-corrected chi connectivity index (χ1v) is 6.94. The molecular formula is C14H28N2O2. The molecule has 4 nitrogen and oxygen atoms in total. The largest absolute Gasteiger partial charge is 0.356 e. The molecule has 0 rings (SSSR count). The minimum absolute atomic E-state index is 0.127. The minimum Gasteiger partial charge on any atom is -0.356 e. The number of hydrogen-bond donors (Lipinski definition) is 2. The predicted molar refractivity (Wildman–Crippen MR) is 74.6 cm³/mol. The van der Waals surface area contributed by atoms with Crippen molar-refractivity contribution in [1.29, 1.82) is 0 Å². The molecule has 0 aromatic carbocycles. The maximum Gasteiger partial charge on any atom is 0.219 e. The summed E-state index contributed by atoms with van der Waals surface area (Å²) in [6, 6.07) is 0. The maximum atomic E-state index is 11.4. The molecule has 106 valence electrons. The molecule has 2 N–H and O–H groups in total. The Morgan fingerprint density at radius 2 is 1.89 bits per heavy atom. The zero-order valence-electron chi connectivity index (χ0n) is 11.7. The second-order valence-electron chi connectivity index (χ2n) is 4.68. The van der Waals surface area contributed by atoms with Crippen LogP contribution in [0.1, 0.15) is 51.4 Å². The van der Waals surface area contributed by atoms with Gasteiger partial charge in [0.15, 0.2) is 0 Å². The van der Waals surface area contributed by atoms with Crippen LogP contribution in [0.15, 0.2) is 12.7 Å². The van der Waals surface area contributed by atoms with Crippen LogP contribution in [0.25, 0.3) is 0 Å². The standard InChI is InChI=1S/C14H28N2O2/c1-3-4-5-6-7-8-9-11-14(17)15-12-10-13-16(2)18/h3,18H,1,4-13H2,2H3,(H,15,17). The molecular weight excluding hydrogens is 228 g/mol. The van der Waals surface area contributed by atoms with Gasteiger partial charge in [-0.05, 0) is 25.7 Å². The SMILES string of the molecule is C=CCCCCCCCC(=O)NCCCN(C)O. The van der Waals surface area contributed by atoms with Gasteiger partial charge in [-0.25, -0.2) is 0 Å². The third-order valence-corrected chi connectivity index (χ3v) is 2.79. The fourth-order valence-electron chi connectivity index (χ4n) is 1.73. The second kappa shape index (κ2) is 12.6. The molecule has 0 radical (unpaired) electrons. The van der Waals surface area contributed by atoms with E-state index in [9.17, 15) is 4.79 Å². The van der Waals surface area contributed by atoms with Crippen LogP contribution in [0.3, 0.4) is 0 Å². The summed E-state index contributed by atoms with van der Waals surface area (Å²) in [6.07, 6.45) is 10.2. The van der Waals surface area contributed by atoms with Crippen molar-refractivity contribution in [3.05, 3.63) is 12.7 Å². The smallest absolute Gasteiger partial charge is 0.219 e. The lowest BCUT2D eigenvalue weighted by Gasteiger charge is -2.08. The Balaban J connectivity index is 3.19. The van der Waals surface area contributed by atoms with E-state index in [1.165, 1.54) is 19.3 Å². The molecule has 0 unspecified atom stereocenters. The number of allylic oxidation sites excluding steroid dienone is 1. The van der Waals surface area contributed by atoms with E-state index in [4.69, 9.17) is 5.21 Å². The Bertz CT molecular complexity index is 218. The molecule has 1 amide bonds. The van der Waals surface area contributed by atoms with Crippen LogP contribution in [0.5, 0.6) is 0 Å². The first-order valence-electron chi connectivity index (χ1n) is 6.94. The van der Waals surface area contributed by atoms with Crippen molar-refractivity contribution in [1.82, 2.24) is 10.4 Å². The third kappa shape index (κ3) is 13.2. The first-order chi connectivity index (χ1) is 8.66. The van der Waals surface area contributed by atoms with Crippen LogP contribution in [0.2, 0.25) is 0 Å². The van der Waals surface area contributed by atoms with E-state index in [2.05, 4.69) is 11.9 Å². The minimum atomic E-state index is 0.127. The zero-order chi connectivity index (χ0) is 13.6. The van der Waals surface area contributed by atoms with Gasteiger partial charge >= 0.3 is 0 Å². The van der Waals surface area contributed by atoms with E-state index in [1.54, 1.807) is 7.05 Å². The molecule has 0 aromatic rings. The van der Waals surface area contributed by atoms with Gasteiger partial charge in [0, 0.05) is 26.6 Å². The van der Waals surface area contributed by atoms with Crippen molar-refractivity contribution >= 4 is 5.91 Å². The third-order valence-electron chi connectivity index (χ3n) is 2.79. The molecule has 0 spiro atoms. The van der Waals surface area contributed by atoms with Gasteiger partial charge in [0.1, 0.15) is 0 Å². The summed E-state index contributed by atoms with van der Waals surface area (Å²) in [4.78, 5) is 11.4. The fourth-order valence-corrected chi connectivity index (χ4v) is 1.73. The molecule has 0 saturated carbocycles. The molecule has 0 saturated heterocycles. The van der Waals surface area contributed by atoms with Gasteiger partial charge in [-0.3, -0.25) is 4.79 Å². The van der Waals surface area contributed by atoms with Crippen LogP contribution in [-0.4, -0.2) is 36.3 Å². The number of nitrogens with zero attached hydrogens (tertiary/aromatic N) is 1. The van der Waals surface area contributed by atoms with Crippen LogP contribution < -0.4 is 5.32 Å². The van der Waals surface area contributed by atoms with Gasteiger partial charge in [-0.2, -0.15) is 5.06 Å². The highest BCUT2D eigenvalue weighted by Crippen LogP contribution is 2.07. The number of hydrogen-bond acceptors (Lipinski definition) is 3. The van der Waals surface area contributed by atoms with Crippen LogP contribution in [0, 0.1) is 0 Å². The van der Waals surface area contributed by atoms with Crippen molar-refractivity contribution < 1.29 is 10.0 Å². The fraction of sp³-hybridized carbons (Fsp3) is 0.786. The molecule has 0 atom stereocenters. The molecule has 0 heterocycles. The molecule has 0 aromatic heterocycles. The van der Waals surface area contributed by atoms with Crippen molar-refractivity contribution in [3.8, 4) is 0 Å². The molecule has 0 aliphatic carbocycles. The van der Waals surface area contributed by atoms with Gasteiger partial charge in [0.25, 0.3) is 0 Å². The van der Waals surface area contributed by atoms with Gasteiger partial charge in [0.2, 0.25) is 5.91 Å². The number of nitrogens with one attached hydrogen (secondary N) is 1. The lowest BCUT2D eigenvalue weighted by molar-refractivity contribution is -0.121. The quantitative estimate of drug-likeness (QED) is 0.321. The van der Waals surface area contributed by atoms with Crippen molar-refractivity contribution in [2.75, 3.05) is 20.1 Å². The molecule has 0 bridgehead atoms. The number of carbonyl (C=O) groups excluding carboxylic acids is 1. The first kappa shape index (κ1) is 17.1. The van der Waals surface area contributed by atoms with Gasteiger partial charge < -0.3 is 10.5 Å². The molecule has 0 aliphatic heterocycles. The zero-order valence-corrected chi connectivity index (χ0v) is 11.7. The van der Waals surface area contributed by atoms with E-state index in [0.717, 1.165) is 30.7 Å². The van der Waals surface area contributed by atoms with E-state index >= 15 is 0 Å². The number of amides is 1. The second-order valence-corrected chi connectivity index (χ2v) is 4.68. The highest BCUT2D eigenvalue weighted by atomic mass is 16.5. The maximum absolute atomic E-state index is 11.4. The van der Waals surface area contributed by atoms with Crippen molar-refractivity contribution in [3.63, 3.8) is 0 Å². The van der Waals surface area contributed by atoms with Crippen LogP contribution >= 0.6 is 0 Å². The van der Waals surface area contributed by atoms with Crippen molar-refractivity contribution in [2.24, 2.45) is 0 Å². The molecule has 0 fully saturated rings. The number of unbranched alkanes of at least 4 members (excludes halogenated alkanes) is 5. The lowest BCUT2D eigenvalue weighted by Crippen LogP contribution is -2.26. The number of carbonyl (C=O) groups is 1. The Labute approximate surface area is 111 Å². The highest BCUT2D eigenvalue weighted by Gasteiger charge is 2.00. The average molecular weight is 256 g/mol.